The van der Waals surface area contributed by atoms with E-state index in [-0.39, 0.29) is 0 Å². The van der Waals surface area contributed by atoms with Gasteiger partial charge in [-0.25, -0.2) is 4.98 Å². The van der Waals surface area contributed by atoms with Gasteiger partial charge in [-0.15, -0.1) is 23.1 Å². The Bertz CT molecular complexity index is 941. The fourth-order valence-electron chi connectivity index (χ4n) is 2.75. The molecular weight excluding hydrogens is 382 g/mol. The molecule has 0 spiro atoms. The maximum Gasteiger partial charge on any atom is 0.162 e. The van der Waals surface area contributed by atoms with Crippen molar-refractivity contribution in [2.24, 2.45) is 0 Å². The molecule has 140 valence electrons. The monoisotopic (exact) mass is 401 g/mol. The molecular formula is C20H19NO4S2. The molecule has 0 N–H and O–H groups in total. The van der Waals surface area contributed by atoms with Crippen LogP contribution in [0, 0.1) is 0 Å². The normalized spacial score (nSPS) is 12.7. The zero-order valence-corrected chi connectivity index (χ0v) is 16.7. The maximum absolute atomic E-state index is 5.64. The summed E-state index contributed by atoms with van der Waals surface area (Å²) in [7, 11) is 3.27. The number of nitrogens with zero attached hydrogens (tertiary/aromatic N) is 1. The highest BCUT2D eigenvalue weighted by molar-refractivity contribution is 7.98. The van der Waals surface area contributed by atoms with Crippen LogP contribution < -0.4 is 18.9 Å². The topological polar surface area (TPSA) is 49.8 Å². The number of methoxy groups -OCH3 is 2. The number of thiazole rings is 1. The summed E-state index contributed by atoms with van der Waals surface area (Å²) >= 11 is 3.36. The van der Waals surface area contributed by atoms with Crippen LogP contribution in [0.15, 0.2) is 46.7 Å². The number of fused-ring (bicyclic) bond motifs is 1. The van der Waals surface area contributed by atoms with Crippen molar-refractivity contribution in [1.29, 1.82) is 0 Å². The van der Waals surface area contributed by atoms with Crippen molar-refractivity contribution in [2.45, 2.75) is 10.6 Å². The second kappa shape index (κ2) is 8.10. The molecule has 2 heterocycles. The Hall–Kier alpha value is -2.38. The van der Waals surface area contributed by atoms with Crippen LogP contribution in [-0.2, 0) is 5.75 Å². The fourth-order valence-corrected chi connectivity index (χ4v) is 4.49. The lowest BCUT2D eigenvalue weighted by molar-refractivity contribution is 0.171. The summed E-state index contributed by atoms with van der Waals surface area (Å²) in [5.74, 6) is 3.85. The molecule has 0 amide bonds. The van der Waals surface area contributed by atoms with Crippen molar-refractivity contribution in [1.82, 2.24) is 4.98 Å². The predicted molar refractivity (Wildman–Crippen MR) is 108 cm³/mol. The minimum Gasteiger partial charge on any atom is -0.493 e. The van der Waals surface area contributed by atoms with E-state index in [0.29, 0.717) is 24.7 Å². The average molecular weight is 402 g/mol. The van der Waals surface area contributed by atoms with Gasteiger partial charge in [-0.3, -0.25) is 0 Å². The van der Waals surface area contributed by atoms with Crippen LogP contribution in [-0.4, -0.2) is 32.4 Å². The Balaban J connectivity index is 1.45. The summed E-state index contributed by atoms with van der Waals surface area (Å²) in [6.45, 7) is 1.21. The number of rotatable bonds is 6. The quantitative estimate of drug-likeness (QED) is 0.548. The molecule has 1 aliphatic heterocycles. The first-order valence-corrected chi connectivity index (χ1v) is 10.3. The molecule has 1 aliphatic rings. The Morgan fingerprint density at radius 1 is 1.00 bits per heavy atom. The van der Waals surface area contributed by atoms with E-state index in [0.717, 1.165) is 38.4 Å². The molecule has 1 aromatic heterocycles. The summed E-state index contributed by atoms with van der Waals surface area (Å²) in [6, 6.07) is 11.9. The van der Waals surface area contributed by atoms with Gasteiger partial charge in [-0.1, -0.05) is 0 Å². The number of aromatic nitrogens is 1. The van der Waals surface area contributed by atoms with Gasteiger partial charge in [0.2, 0.25) is 0 Å². The summed E-state index contributed by atoms with van der Waals surface area (Å²) in [5.41, 5.74) is 2.07. The van der Waals surface area contributed by atoms with Crippen molar-refractivity contribution in [2.75, 3.05) is 27.4 Å². The minimum atomic E-state index is 0.599. The second-order valence-electron chi connectivity index (χ2n) is 5.81. The van der Waals surface area contributed by atoms with E-state index >= 15 is 0 Å². The largest absolute Gasteiger partial charge is 0.493 e. The third-order valence-corrected chi connectivity index (χ3v) is 6.05. The van der Waals surface area contributed by atoms with Gasteiger partial charge in [0, 0.05) is 21.6 Å². The van der Waals surface area contributed by atoms with Crippen LogP contribution in [0.2, 0.25) is 0 Å². The van der Waals surface area contributed by atoms with Crippen LogP contribution in [0.5, 0.6) is 23.0 Å². The van der Waals surface area contributed by atoms with Gasteiger partial charge in [0.05, 0.1) is 19.9 Å². The zero-order valence-electron chi connectivity index (χ0n) is 15.1. The number of hydrogen-bond acceptors (Lipinski definition) is 7. The lowest BCUT2D eigenvalue weighted by Crippen LogP contribution is -2.15. The Labute approximate surface area is 166 Å². The highest BCUT2D eigenvalue weighted by Gasteiger charge is 2.13. The second-order valence-corrected chi connectivity index (χ2v) is 7.71. The molecule has 0 atom stereocenters. The van der Waals surface area contributed by atoms with Gasteiger partial charge in [0.15, 0.2) is 23.0 Å². The first-order chi connectivity index (χ1) is 13.3. The third-order valence-electron chi connectivity index (χ3n) is 4.08. The van der Waals surface area contributed by atoms with E-state index in [2.05, 4.69) is 11.4 Å². The van der Waals surface area contributed by atoms with Crippen LogP contribution in [0.1, 0.15) is 5.69 Å². The summed E-state index contributed by atoms with van der Waals surface area (Å²) in [5, 5.41) is 3.06. The molecule has 0 saturated heterocycles. The van der Waals surface area contributed by atoms with Crippen molar-refractivity contribution in [3.63, 3.8) is 0 Å². The van der Waals surface area contributed by atoms with Gasteiger partial charge in [0.1, 0.15) is 18.2 Å². The van der Waals surface area contributed by atoms with E-state index in [1.807, 2.05) is 30.3 Å². The SMILES string of the molecule is COc1ccc(-c2nc(CSc3ccc4c(c3)OCCO4)cs2)cc1OC. The highest BCUT2D eigenvalue weighted by atomic mass is 32.2. The predicted octanol–water partition coefficient (Wildman–Crippen LogP) is 4.89. The summed E-state index contributed by atoms with van der Waals surface area (Å²) < 4.78 is 21.9. The minimum absolute atomic E-state index is 0.599. The first kappa shape index (κ1) is 18.0. The van der Waals surface area contributed by atoms with Crippen molar-refractivity contribution < 1.29 is 18.9 Å². The molecule has 0 unspecified atom stereocenters. The van der Waals surface area contributed by atoms with Crippen LogP contribution in [0.3, 0.4) is 0 Å². The number of ether oxygens (including phenoxy) is 4. The van der Waals surface area contributed by atoms with Crippen LogP contribution in [0.4, 0.5) is 0 Å². The molecule has 7 heteroatoms. The molecule has 0 bridgehead atoms. The van der Waals surface area contributed by atoms with E-state index in [1.54, 1.807) is 37.3 Å². The van der Waals surface area contributed by atoms with E-state index in [9.17, 15) is 0 Å². The van der Waals surface area contributed by atoms with Crippen molar-refractivity contribution in [3.05, 3.63) is 47.5 Å². The van der Waals surface area contributed by atoms with Crippen LogP contribution >= 0.6 is 23.1 Å². The molecule has 0 fully saturated rings. The molecule has 27 heavy (non-hydrogen) atoms. The van der Waals surface area contributed by atoms with Crippen molar-refractivity contribution in [3.8, 4) is 33.6 Å². The van der Waals surface area contributed by atoms with E-state index < -0.39 is 0 Å². The zero-order chi connectivity index (χ0) is 18.6. The Morgan fingerprint density at radius 3 is 2.63 bits per heavy atom. The molecule has 0 radical (unpaired) electrons. The Morgan fingerprint density at radius 2 is 1.81 bits per heavy atom. The first-order valence-electron chi connectivity index (χ1n) is 8.46. The molecule has 3 aromatic rings. The third kappa shape index (κ3) is 3.99. The fraction of sp³-hybridized carbons (Fsp3) is 0.250. The van der Waals surface area contributed by atoms with Gasteiger partial charge < -0.3 is 18.9 Å². The van der Waals surface area contributed by atoms with Gasteiger partial charge in [-0.05, 0) is 36.4 Å². The van der Waals surface area contributed by atoms with E-state index in [1.165, 1.54) is 0 Å². The lowest BCUT2D eigenvalue weighted by atomic mass is 10.2. The molecule has 0 saturated carbocycles. The lowest BCUT2D eigenvalue weighted by Gasteiger charge is -2.18. The van der Waals surface area contributed by atoms with E-state index in [4.69, 9.17) is 23.9 Å². The number of benzene rings is 2. The van der Waals surface area contributed by atoms with Gasteiger partial charge in [0.25, 0.3) is 0 Å². The maximum atomic E-state index is 5.64. The van der Waals surface area contributed by atoms with Crippen molar-refractivity contribution >= 4 is 23.1 Å². The Kier molecular flexibility index (Phi) is 5.40. The molecule has 4 rings (SSSR count). The van der Waals surface area contributed by atoms with Crippen LogP contribution in [0.25, 0.3) is 10.6 Å². The molecule has 2 aromatic carbocycles. The molecule has 0 aliphatic carbocycles. The summed E-state index contributed by atoms with van der Waals surface area (Å²) in [6.07, 6.45) is 0. The highest BCUT2D eigenvalue weighted by Crippen LogP contribution is 2.37. The van der Waals surface area contributed by atoms with Gasteiger partial charge in [-0.2, -0.15) is 0 Å². The number of hydrogen-bond donors (Lipinski definition) is 0. The smallest absolute Gasteiger partial charge is 0.162 e. The summed E-state index contributed by atoms with van der Waals surface area (Å²) in [4.78, 5) is 5.90. The number of thioether (sulfide) groups is 1. The average Bonchev–Trinajstić information content (AvgIpc) is 3.20. The van der Waals surface area contributed by atoms with Gasteiger partial charge >= 0.3 is 0 Å². The molecule has 5 nitrogen and oxygen atoms in total. The standard InChI is InChI=1S/C20H19NO4S2/c1-22-16-5-3-13(9-18(16)23-2)20-21-14(12-27-20)11-26-15-4-6-17-19(10-15)25-8-7-24-17/h3-6,9-10,12H,7-8,11H2,1-2H3.